The second kappa shape index (κ2) is 9.55. The van der Waals surface area contributed by atoms with Crippen LogP contribution in [0.3, 0.4) is 0 Å². The van der Waals surface area contributed by atoms with Gasteiger partial charge < -0.3 is 19.7 Å². The standard InChI is InChI=1S/C25H25N3O6S/c29-24(17-26-25(30)20-6-5-18-3-1-2-4-19(18)15-20)27-9-11-28(12-10-27)35(31,32)21-7-8-22-23(16-21)34-14-13-33-22/h1-8,15-16H,9-14,17H2,(H,26,30). The fourth-order valence-corrected chi connectivity index (χ4v) is 5.65. The first-order chi connectivity index (χ1) is 16.9. The van der Waals surface area contributed by atoms with E-state index in [9.17, 15) is 18.0 Å². The minimum Gasteiger partial charge on any atom is -0.486 e. The molecule has 1 N–H and O–H groups in total. The summed E-state index contributed by atoms with van der Waals surface area (Å²) in [5.41, 5.74) is 0.479. The molecule has 0 aliphatic carbocycles. The summed E-state index contributed by atoms with van der Waals surface area (Å²) in [5.74, 6) is 0.351. The molecule has 35 heavy (non-hydrogen) atoms. The predicted octanol–water partition coefficient (Wildman–Crippen LogP) is 1.87. The van der Waals surface area contributed by atoms with Gasteiger partial charge in [-0.15, -0.1) is 0 Å². The van der Waals surface area contributed by atoms with Crippen molar-refractivity contribution in [1.82, 2.24) is 14.5 Å². The van der Waals surface area contributed by atoms with Gasteiger partial charge in [0.25, 0.3) is 5.91 Å². The SMILES string of the molecule is O=C(NCC(=O)N1CCN(S(=O)(=O)c2ccc3c(c2)OCCO3)CC1)c1ccc2ccccc2c1. The van der Waals surface area contributed by atoms with Crippen molar-refractivity contribution >= 4 is 32.6 Å². The molecule has 0 atom stereocenters. The quantitative estimate of drug-likeness (QED) is 0.580. The van der Waals surface area contributed by atoms with E-state index in [1.807, 2.05) is 30.3 Å². The van der Waals surface area contributed by atoms with E-state index in [2.05, 4.69) is 5.32 Å². The maximum atomic E-state index is 13.1. The van der Waals surface area contributed by atoms with Crippen LogP contribution in [0.1, 0.15) is 10.4 Å². The summed E-state index contributed by atoms with van der Waals surface area (Å²) in [6.45, 7) is 1.47. The van der Waals surface area contributed by atoms with E-state index in [-0.39, 0.29) is 49.4 Å². The summed E-state index contributed by atoms with van der Waals surface area (Å²) in [4.78, 5) is 26.9. The van der Waals surface area contributed by atoms with Crippen LogP contribution in [0.25, 0.3) is 10.8 Å². The average Bonchev–Trinajstić information content (AvgIpc) is 2.91. The molecule has 0 bridgehead atoms. The molecule has 2 aliphatic heterocycles. The molecular formula is C25H25N3O6S. The molecule has 5 rings (SSSR count). The van der Waals surface area contributed by atoms with Crippen molar-refractivity contribution in [3.63, 3.8) is 0 Å². The van der Waals surface area contributed by atoms with Gasteiger partial charge in [-0.05, 0) is 35.0 Å². The molecule has 3 aromatic rings. The third kappa shape index (κ3) is 4.80. The molecule has 1 saturated heterocycles. The van der Waals surface area contributed by atoms with Crippen LogP contribution in [0, 0.1) is 0 Å². The van der Waals surface area contributed by atoms with Crippen molar-refractivity contribution in [1.29, 1.82) is 0 Å². The van der Waals surface area contributed by atoms with Crippen LogP contribution in [0.2, 0.25) is 0 Å². The molecule has 2 heterocycles. The van der Waals surface area contributed by atoms with Crippen LogP contribution in [0.4, 0.5) is 0 Å². The number of amides is 2. The van der Waals surface area contributed by atoms with Crippen molar-refractivity contribution in [3.8, 4) is 11.5 Å². The number of ether oxygens (including phenoxy) is 2. The molecule has 10 heteroatoms. The van der Waals surface area contributed by atoms with Gasteiger partial charge in [0.15, 0.2) is 11.5 Å². The third-order valence-electron chi connectivity index (χ3n) is 6.15. The molecule has 0 unspecified atom stereocenters. The molecule has 0 spiro atoms. The van der Waals surface area contributed by atoms with E-state index in [1.54, 1.807) is 23.1 Å². The number of fused-ring (bicyclic) bond motifs is 2. The van der Waals surface area contributed by atoms with Gasteiger partial charge in [-0.3, -0.25) is 9.59 Å². The maximum absolute atomic E-state index is 13.1. The largest absolute Gasteiger partial charge is 0.486 e. The van der Waals surface area contributed by atoms with Gasteiger partial charge in [-0.2, -0.15) is 4.31 Å². The number of hydrogen-bond acceptors (Lipinski definition) is 6. The van der Waals surface area contributed by atoms with Crippen molar-refractivity contribution in [2.24, 2.45) is 0 Å². The zero-order valence-corrected chi connectivity index (χ0v) is 19.8. The summed E-state index contributed by atoms with van der Waals surface area (Å²) in [7, 11) is -3.73. The molecule has 0 aromatic heterocycles. The van der Waals surface area contributed by atoms with E-state index in [4.69, 9.17) is 9.47 Å². The zero-order valence-electron chi connectivity index (χ0n) is 19.0. The second-order valence-corrected chi connectivity index (χ2v) is 10.3. The number of nitrogens with zero attached hydrogens (tertiary/aromatic N) is 2. The Morgan fingerprint density at radius 1 is 0.829 bits per heavy atom. The lowest BCUT2D eigenvalue weighted by molar-refractivity contribution is -0.131. The smallest absolute Gasteiger partial charge is 0.251 e. The summed E-state index contributed by atoms with van der Waals surface area (Å²) >= 11 is 0. The fourth-order valence-electron chi connectivity index (χ4n) is 4.21. The Labute approximate surface area is 203 Å². The summed E-state index contributed by atoms with van der Waals surface area (Å²) in [6.07, 6.45) is 0. The van der Waals surface area contributed by atoms with Gasteiger partial charge in [0.2, 0.25) is 15.9 Å². The molecule has 0 saturated carbocycles. The Morgan fingerprint density at radius 3 is 2.31 bits per heavy atom. The van der Waals surface area contributed by atoms with E-state index < -0.39 is 10.0 Å². The van der Waals surface area contributed by atoms with Crippen molar-refractivity contribution in [2.75, 3.05) is 45.9 Å². The Balaban J connectivity index is 1.16. The molecule has 2 amide bonds. The van der Waals surface area contributed by atoms with E-state index in [1.165, 1.54) is 16.4 Å². The predicted molar refractivity (Wildman–Crippen MR) is 129 cm³/mol. The lowest BCUT2D eigenvalue weighted by Crippen LogP contribution is -2.52. The molecule has 0 radical (unpaired) electrons. The minimum atomic E-state index is -3.73. The van der Waals surface area contributed by atoms with Gasteiger partial charge in [0, 0.05) is 37.8 Å². The average molecular weight is 496 g/mol. The van der Waals surface area contributed by atoms with E-state index >= 15 is 0 Å². The number of piperazine rings is 1. The Morgan fingerprint density at radius 2 is 1.54 bits per heavy atom. The maximum Gasteiger partial charge on any atom is 0.251 e. The zero-order chi connectivity index (χ0) is 24.4. The Kier molecular flexibility index (Phi) is 6.31. The molecule has 1 fully saturated rings. The van der Waals surface area contributed by atoms with Gasteiger partial charge in [0.05, 0.1) is 11.4 Å². The van der Waals surface area contributed by atoms with Crippen LogP contribution >= 0.6 is 0 Å². The number of hydrogen-bond donors (Lipinski definition) is 1. The lowest BCUT2D eigenvalue weighted by Gasteiger charge is -2.34. The first-order valence-corrected chi connectivity index (χ1v) is 12.8. The summed E-state index contributed by atoms with van der Waals surface area (Å²) < 4.78 is 38.5. The minimum absolute atomic E-state index is 0.129. The van der Waals surface area contributed by atoms with Crippen LogP contribution in [-0.2, 0) is 14.8 Å². The fraction of sp³-hybridized carbons (Fsp3) is 0.280. The normalized spacial score (nSPS) is 16.2. The van der Waals surface area contributed by atoms with Crippen molar-refractivity contribution in [2.45, 2.75) is 4.90 Å². The van der Waals surface area contributed by atoms with E-state index in [0.717, 1.165) is 10.8 Å². The van der Waals surface area contributed by atoms with Crippen LogP contribution in [0.15, 0.2) is 65.6 Å². The van der Waals surface area contributed by atoms with Gasteiger partial charge >= 0.3 is 0 Å². The van der Waals surface area contributed by atoms with Crippen LogP contribution in [0.5, 0.6) is 11.5 Å². The number of carbonyl (C=O) groups excluding carboxylic acids is 2. The van der Waals surface area contributed by atoms with E-state index in [0.29, 0.717) is 30.3 Å². The highest BCUT2D eigenvalue weighted by atomic mass is 32.2. The molecule has 3 aromatic carbocycles. The highest BCUT2D eigenvalue weighted by Crippen LogP contribution is 2.33. The molecular weight excluding hydrogens is 470 g/mol. The second-order valence-electron chi connectivity index (χ2n) is 8.33. The first-order valence-electron chi connectivity index (χ1n) is 11.4. The van der Waals surface area contributed by atoms with Crippen molar-refractivity contribution < 1.29 is 27.5 Å². The van der Waals surface area contributed by atoms with Gasteiger partial charge in [-0.25, -0.2) is 8.42 Å². The summed E-state index contributed by atoms with van der Waals surface area (Å²) in [6, 6.07) is 17.7. The highest BCUT2D eigenvalue weighted by molar-refractivity contribution is 7.89. The first kappa shape index (κ1) is 23.1. The summed E-state index contributed by atoms with van der Waals surface area (Å²) in [5, 5.41) is 4.65. The topological polar surface area (TPSA) is 105 Å². The highest BCUT2D eigenvalue weighted by Gasteiger charge is 2.31. The van der Waals surface area contributed by atoms with Gasteiger partial charge in [0.1, 0.15) is 13.2 Å². The number of sulfonamides is 1. The lowest BCUT2D eigenvalue weighted by atomic mass is 10.1. The number of carbonyl (C=O) groups is 2. The van der Waals surface area contributed by atoms with Crippen LogP contribution in [-0.4, -0.2) is 75.4 Å². The number of benzene rings is 3. The molecule has 182 valence electrons. The third-order valence-corrected chi connectivity index (χ3v) is 8.05. The monoisotopic (exact) mass is 495 g/mol. The van der Waals surface area contributed by atoms with Crippen LogP contribution < -0.4 is 14.8 Å². The van der Waals surface area contributed by atoms with Gasteiger partial charge in [-0.1, -0.05) is 30.3 Å². The Bertz CT molecular complexity index is 1380. The molecule has 2 aliphatic rings. The molecule has 9 nitrogen and oxygen atoms in total. The Hall–Kier alpha value is -3.63. The number of nitrogens with one attached hydrogen (secondary N) is 1. The van der Waals surface area contributed by atoms with Crippen molar-refractivity contribution in [3.05, 3.63) is 66.2 Å². The number of rotatable bonds is 5.